The van der Waals surface area contributed by atoms with Crippen molar-refractivity contribution < 1.29 is 19.1 Å². The third-order valence-corrected chi connectivity index (χ3v) is 4.21. The van der Waals surface area contributed by atoms with Crippen molar-refractivity contribution in [3.63, 3.8) is 0 Å². The molecule has 0 bridgehead atoms. The average molecular weight is 319 g/mol. The highest BCUT2D eigenvalue weighted by atomic mass is 16.5. The maximum absolute atomic E-state index is 12.4. The van der Waals surface area contributed by atoms with E-state index in [0.29, 0.717) is 13.0 Å². The quantitative estimate of drug-likeness (QED) is 0.644. The van der Waals surface area contributed by atoms with E-state index in [0.717, 1.165) is 37.1 Å². The van der Waals surface area contributed by atoms with E-state index in [4.69, 9.17) is 9.47 Å². The number of ketones is 1. The highest BCUT2D eigenvalue weighted by molar-refractivity contribution is 5.90. The van der Waals surface area contributed by atoms with Crippen molar-refractivity contribution in [1.29, 1.82) is 0 Å². The van der Waals surface area contributed by atoms with Gasteiger partial charge in [0.1, 0.15) is 17.6 Å². The summed E-state index contributed by atoms with van der Waals surface area (Å²) in [5, 5.41) is 3.19. The van der Waals surface area contributed by atoms with Crippen LogP contribution in [0.2, 0.25) is 0 Å². The van der Waals surface area contributed by atoms with Gasteiger partial charge in [0.05, 0.1) is 13.7 Å². The second kappa shape index (κ2) is 8.56. The number of hydrogen-bond donors (Lipinski definition) is 1. The van der Waals surface area contributed by atoms with Crippen LogP contribution in [0.5, 0.6) is 5.75 Å². The SMILES string of the molecule is CCOC(=O)[C@@H](Nc1ccc(OC)cc1)[C@H]1CCCCCC1=O. The highest BCUT2D eigenvalue weighted by Gasteiger charge is 2.35. The van der Waals surface area contributed by atoms with Crippen molar-refractivity contribution in [2.24, 2.45) is 5.92 Å². The van der Waals surface area contributed by atoms with Gasteiger partial charge in [-0.15, -0.1) is 0 Å². The Morgan fingerprint density at radius 3 is 2.65 bits per heavy atom. The lowest BCUT2D eigenvalue weighted by molar-refractivity contribution is -0.147. The fourth-order valence-electron chi connectivity index (χ4n) is 2.96. The third kappa shape index (κ3) is 4.71. The van der Waals surface area contributed by atoms with Crippen LogP contribution in [-0.4, -0.2) is 31.5 Å². The fraction of sp³-hybridized carbons (Fsp3) is 0.556. The molecule has 1 N–H and O–H groups in total. The van der Waals surface area contributed by atoms with Crippen LogP contribution in [0.3, 0.4) is 0 Å². The molecule has 1 aliphatic rings. The zero-order chi connectivity index (χ0) is 16.7. The normalized spacial score (nSPS) is 19.6. The van der Waals surface area contributed by atoms with Crippen LogP contribution in [0.1, 0.15) is 39.0 Å². The lowest BCUT2D eigenvalue weighted by Crippen LogP contribution is -2.41. The summed E-state index contributed by atoms with van der Waals surface area (Å²) in [5.41, 5.74) is 0.779. The lowest BCUT2D eigenvalue weighted by Gasteiger charge is -2.25. The van der Waals surface area contributed by atoms with Gasteiger partial charge in [0, 0.05) is 18.0 Å². The van der Waals surface area contributed by atoms with Gasteiger partial charge in [-0.1, -0.05) is 12.8 Å². The number of hydrogen-bond acceptors (Lipinski definition) is 5. The van der Waals surface area contributed by atoms with E-state index >= 15 is 0 Å². The smallest absolute Gasteiger partial charge is 0.329 e. The van der Waals surface area contributed by atoms with Gasteiger partial charge in [-0.3, -0.25) is 4.79 Å². The fourth-order valence-corrected chi connectivity index (χ4v) is 2.96. The molecule has 1 saturated carbocycles. The largest absolute Gasteiger partial charge is 0.497 e. The summed E-state index contributed by atoms with van der Waals surface area (Å²) < 4.78 is 10.3. The summed E-state index contributed by atoms with van der Waals surface area (Å²) in [7, 11) is 1.61. The van der Waals surface area contributed by atoms with Crippen LogP contribution in [0.15, 0.2) is 24.3 Å². The van der Waals surface area contributed by atoms with E-state index < -0.39 is 6.04 Å². The maximum Gasteiger partial charge on any atom is 0.329 e. The molecular formula is C18H25NO4. The topological polar surface area (TPSA) is 64.6 Å². The number of methoxy groups -OCH3 is 1. The Morgan fingerprint density at radius 1 is 1.26 bits per heavy atom. The summed E-state index contributed by atoms with van der Waals surface area (Å²) in [5.74, 6) is 0.220. The van der Waals surface area contributed by atoms with Crippen molar-refractivity contribution >= 4 is 17.4 Å². The first-order valence-electron chi connectivity index (χ1n) is 8.25. The standard InChI is InChI=1S/C18H25NO4/c1-3-23-18(21)17(15-7-5-4-6-8-16(15)20)19-13-9-11-14(22-2)12-10-13/h9-12,15,17,19H,3-8H2,1-2H3/t15-,17-/m0/s1. The van der Waals surface area contributed by atoms with Crippen LogP contribution in [-0.2, 0) is 14.3 Å². The van der Waals surface area contributed by atoms with Gasteiger partial charge in [0.2, 0.25) is 0 Å². The van der Waals surface area contributed by atoms with Crippen molar-refractivity contribution in [2.45, 2.75) is 45.1 Å². The highest BCUT2D eigenvalue weighted by Crippen LogP contribution is 2.26. The predicted octanol–water partition coefficient (Wildman–Crippen LogP) is 3.19. The molecule has 0 heterocycles. The van der Waals surface area contributed by atoms with Gasteiger partial charge in [0.25, 0.3) is 0 Å². The number of carbonyl (C=O) groups is 2. The Hall–Kier alpha value is -2.04. The Bertz CT molecular complexity index is 526. The third-order valence-electron chi connectivity index (χ3n) is 4.21. The molecule has 0 saturated heterocycles. The minimum absolute atomic E-state index is 0.154. The van der Waals surface area contributed by atoms with Crippen LogP contribution in [0.4, 0.5) is 5.69 Å². The number of ether oxygens (including phenoxy) is 2. The molecule has 126 valence electrons. The van der Waals surface area contributed by atoms with Crippen LogP contribution in [0.25, 0.3) is 0 Å². The minimum atomic E-state index is -0.631. The number of Topliss-reactive ketones (excluding diaryl/α,β-unsaturated/α-hetero) is 1. The van der Waals surface area contributed by atoms with Crippen molar-refractivity contribution in [2.75, 3.05) is 19.0 Å². The molecule has 1 aromatic rings. The molecule has 2 rings (SSSR count). The first kappa shape index (κ1) is 17.3. The van der Waals surface area contributed by atoms with Crippen molar-refractivity contribution in [3.8, 4) is 5.75 Å². The molecule has 1 aromatic carbocycles. The Kier molecular flexibility index (Phi) is 6.44. The molecule has 2 atom stereocenters. The van der Waals surface area contributed by atoms with E-state index in [-0.39, 0.29) is 17.7 Å². The monoisotopic (exact) mass is 319 g/mol. The first-order valence-corrected chi connectivity index (χ1v) is 8.25. The molecule has 23 heavy (non-hydrogen) atoms. The van der Waals surface area contributed by atoms with E-state index in [1.54, 1.807) is 14.0 Å². The van der Waals surface area contributed by atoms with Gasteiger partial charge in [-0.05, 0) is 44.0 Å². The summed E-state index contributed by atoms with van der Waals surface area (Å²) in [6.45, 7) is 2.08. The van der Waals surface area contributed by atoms with E-state index in [1.165, 1.54) is 0 Å². The second-order valence-electron chi connectivity index (χ2n) is 5.77. The summed E-state index contributed by atoms with van der Waals surface area (Å²) in [6, 6.07) is 6.69. The number of carbonyl (C=O) groups excluding carboxylic acids is 2. The van der Waals surface area contributed by atoms with E-state index in [2.05, 4.69) is 5.32 Å². The van der Waals surface area contributed by atoms with Gasteiger partial charge in [-0.2, -0.15) is 0 Å². The first-order chi connectivity index (χ1) is 11.2. The summed E-state index contributed by atoms with van der Waals surface area (Å²) in [4.78, 5) is 24.8. The Morgan fingerprint density at radius 2 is 2.00 bits per heavy atom. The number of nitrogens with one attached hydrogen (secondary N) is 1. The van der Waals surface area contributed by atoms with Crippen LogP contribution >= 0.6 is 0 Å². The molecular weight excluding hydrogens is 294 g/mol. The molecule has 5 heteroatoms. The molecule has 0 amide bonds. The van der Waals surface area contributed by atoms with Crippen molar-refractivity contribution in [3.05, 3.63) is 24.3 Å². The molecule has 0 aliphatic heterocycles. The number of benzene rings is 1. The minimum Gasteiger partial charge on any atom is -0.497 e. The lowest BCUT2D eigenvalue weighted by atomic mass is 9.90. The van der Waals surface area contributed by atoms with E-state index in [1.807, 2.05) is 24.3 Å². The number of anilines is 1. The van der Waals surface area contributed by atoms with Crippen LogP contribution < -0.4 is 10.1 Å². The van der Waals surface area contributed by atoms with Gasteiger partial charge in [0.15, 0.2) is 0 Å². The number of esters is 1. The van der Waals surface area contributed by atoms with Gasteiger partial charge in [-0.25, -0.2) is 4.79 Å². The molecule has 5 nitrogen and oxygen atoms in total. The van der Waals surface area contributed by atoms with Gasteiger partial charge >= 0.3 is 5.97 Å². The molecule has 0 unspecified atom stereocenters. The molecule has 0 radical (unpaired) electrons. The zero-order valence-electron chi connectivity index (χ0n) is 13.8. The number of rotatable bonds is 6. The summed E-state index contributed by atoms with van der Waals surface area (Å²) in [6.07, 6.45) is 4.20. The molecule has 1 fully saturated rings. The Balaban J connectivity index is 2.18. The molecule has 0 spiro atoms. The van der Waals surface area contributed by atoms with Crippen LogP contribution in [0, 0.1) is 5.92 Å². The maximum atomic E-state index is 12.4. The molecule has 0 aromatic heterocycles. The van der Waals surface area contributed by atoms with E-state index in [9.17, 15) is 9.59 Å². The second-order valence-corrected chi connectivity index (χ2v) is 5.77. The van der Waals surface area contributed by atoms with Crippen molar-refractivity contribution in [1.82, 2.24) is 0 Å². The predicted molar refractivity (Wildman–Crippen MR) is 88.6 cm³/mol. The van der Waals surface area contributed by atoms with Gasteiger partial charge < -0.3 is 14.8 Å². The zero-order valence-corrected chi connectivity index (χ0v) is 13.8. The average Bonchev–Trinajstić information content (AvgIpc) is 2.78. The summed E-state index contributed by atoms with van der Waals surface area (Å²) >= 11 is 0. The molecule has 1 aliphatic carbocycles. The Labute approximate surface area is 137 Å².